The van der Waals surface area contributed by atoms with Gasteiger partial charge in [-0.25, -0.2) is 0 Å². The van der Waals surface area contributed by atoms with Gasteiger partial charge in [-0.3, -0.25) is 14.4 Å². The van der Waals surface area contributed by atoms with Crippen molar-refractivity contribution in [2.75, 3.05) is 24.9 Å². The van der Waals surface area contributed by atoms with Crippen LogP contribution >= 0.6 is 35.0 Å². The summed E-state index contributed by atoms with van der Waals surface area (Å²) in [5.74, 6) is -0.203. The number of nitrogens with one attached hydrogen (secondary N) is 3. The number of hydrogen-bond donors (Lipinski definition) is 3. The summed E-state index contributed by atoms with van der Waals surface area (Å²) in [5.41, 5.74) is 1.84. The topological polar surface area (TPSA) is 106 Å². The van der Waals surface area contributed by atoms with Crippen molar-refractivity contribution < 1.29 is 23.9 Å². The lowest BCUT2D eigenvalue weighted by Crippen LogP contribution is -2.30. The average molecular weight is 651 g/mol. The summed E-state index contributed by atoms with van der Waals surface area (Å²) in [5, 5.41) is 8.73. The molecule has 44 heavy (non-hydrogen) atoms. The molecular weight excluding hydrogens is 621 g/mol. The van der Waals surface area contributed by atoms with Crippen LogP contribution in [-0.4, -0.2) is 37.2 Å². The van der Waals surface area contributed by atoms with Crippen molar-refractivity contribution in [3.63, 3.8) is 0 Å². The van der Waals surface area contributed by atoms with Gasteiger partial charge in [-0.15, -0.1) is 11.8 Å². The van der Waals surface area contributed by atoms with Gasteiger partial charge < -0.3 is 25.4 Å². The first-order chi connectivity index (χ1) is 21.2. The van der Waals surface area contributed by atoms with E-state index in [1.807, 2.05) is 0 Å². The molecule has 0 saturated heterocycles. The summed E-state index contributed by atoms with van der Waals surface area (Å²) in [7, 11) is 3.04. The fourth-order valence-electron chi connectivity index (χ4n) is 3.95. The van der Waals surface area contributed by atoms with E-state index in [0.29, 0.717) is 44.0 Å². The lowest BCUT2D eigenvalue weighted by atomic mass is 10.1. The Morgan fingerprint density at radius 2 is 1.57 bits per heavy atom. The van der Waals surface area contributed by atoms with Crippen LogP contribution in [0.2, 0.25) is 10.0 Å². The van der Waals surface area contributed by atoms with E-state index in [1.54, 1.807) is 97.9 Å². The third kappa shape index (κ3) is 8.79. The maximum Gasteiger partial charge on any atom is 0.272 e. The summed E-state index contributed by atoms with van der Waals surface area (Å²) in [6.45, 7) is 1.77. The smallest absolute Gasteiger partial charge is 0.272 e. The molecule has 0 bridgehead atoms. The number of hydrogen-bond acceptors (Lipinski definition) is 6. The monoisotopic (exact) mass is 649 g/mol. The summed E-state index contributed by atoms with van der Waals surface area (Å²) < 4.78 is 10.8. The van der Waals surface area contributed by atoms with Crippen LogP contribution in [-0.2, 0) is 9.59 Å². The van der Waals surface area contributed by atoms with Gasteiger partial charge in [0.05, 0.1) is 30.2 Å². The third-order valence-electron chi connectivity index (χ3n) is 6.25. The Kier molecular flexibility index (Phi) is 11.3. The molecule has 3 amide bonds. The molecule has 4 rings (SSSR count). The molecular formula is C33H29Cl2N3O5S. The molecule has 0 radical (unpaired) electrons. The minimum atomic E-state index is -0.550. The van der Waals surface area contributed by atoms with Crippen LogP contribution in [0.5, 0.6) is 11.5 Å². The zero-order valence-corrected chi connectivity index (χ0v) is 26.3. The predicted octanol–water partition coefficient (Wildman–Crippen LogP) is 7.54. The zero-order chi connectivity index (χ0) is 31.6. The van der Waals surface area contributed by atoms with Crippen LogP contribution in [0.25, 0.3) is 6.08 Å². The van der Waals surface area contributed by atoms with E-state index in [1.165, 1.54) is 32.1 Å². The van der Waals surface area contributed by atoms with Crippen LogP contribution in [0.3, 0.4) is 0 Å². The standard InChI is InChI=1S/C33H29Cl2N3O5S/c1-20(31(39)37-28-19-23(34)9-15-27(28)35)44-26-13-10-24(11-14-26)36-33(41)29(38-32(40)21-7-5-4-6-8-21)18-22-17-25(42-2)12-16-30(22)43-3/h4-20H,1-3H3,(H,36,41)(H,37,39)(H,38,40)/b29-18-. The quantitative estimate of drug-likeness (QED) is 0.114. The highest BCUT2D eigenvalue weighted by Gasteiger charge is 2.18. The Balaban J connectivity index is 1.49. The van der Waals surface area contributed by atoms with E-state index >= 15 is 0 Å². The molecule has 0 heterocycles. The molecule has 0 fully saturated rings. The van der Waals surface area contributed by atoms with Gasteiger partial charge in [-0.1, -0.05) is 41.4 Å². The largest absolute Gasteiger partial charge is 0.497 e. The molecule has 1 atom stereocenters. The van der Waals surface area contributed by atoms with E-state index < -0.39 is 17.1 Å². The maximum atomic E-state index is 13.5. The molecule has 3 N–H and O–H groups in total. The van der Waals surface area contributed by atoms with Gasteiger partial charge in [-0.05, 0) is 85.8 Å². The fourth-order valence-corrected chi connectivity index (χ4v) is 5.15. The number of carbonyl (C=O) groups is 3. The zero-order valence-electron chi connectivity index (χ0n) is 24.0. The molecule has 0 aromatic heterocycles. The molecule has 0 saturated carbocycles. The van der Waals surface area contributed by atoms with Gasteiger partial charge in [0.25, 0.3) is 11.8 Å². The van der Waals surface area contributed by atoms with E-state index in [2.05, 4.69) is 16.0 Å². The van der Waals surface area contributed by atoms with E-state index in [0.717, 1.165) is 4.90 Å². The van der Waals surface area contributed by atoms with Crippen LogP contribution in [0.4, 0.5) is 11.4 Å². The van der Waals surface area contributed by atoms with Crippen molar-refractivity contribution in [1.82, 2.24) is 5.32 Å². The molecule has 0 aliphatic carbocycles. The van der Waals surface area contributed by atoms with Gasteiger partial charge in [0.2, 0.25) is 5.91 Å². The van der Waals surface area contributed by atoms with Crippen LogP contribution in [0.1, 0.15) is 22.8 Å². The lowest BCUT2D eigenvalue weighted by Gasteiger charge is -2.14. The number of halogens is 2. The van der Waals surface area contributed by atoms with E-state index in [-0.39, 0.29) is 11.6 Å². The molecule has 11 heteroatoms. The van der Waals surface area contributed by atoms with Crippen LogP contribution < -0.4 is 25.4 Å². The van der Waals surface area contributed by atoms with Gasteiger partial charge in [-0.2, -0.15) is 0 Å². The van der Waals surface area contributed by atoms with Gasteiger partial charge in [0.1, 0.15) is 17.2 Å². The van der Waals surface area contributed by atoms with E-state index in [9.17, 15) is 14.4 Å². The molecule has 0 aliphatic rings. The SMILES string of the molecule is COc1ccc(OC)c(/C=C(\NC(=O)c2ccccc2)C(=O)Nc2ccc(SC(C)C(=O)Nc3cc(Cl)ccc3Cl)cc2)c1. The lowest BCUT2D eigenvalue weighted by molar-refractivity contribution is -0.115. The minimum Gasteiger partial charge on any atom is -0.497 e. The van der Waals surface area contributed by atoms with Gasteiger partial charge in [0, 0.05) is 26.7 Å². The van der Waals surface area contributed by atoms with Crippen molar-refractivity contribution in [3.8, 4) is 11.5 Å². The number of rotatable bonds is 11. The number of carbonyl (C=O) groups excluding carboxylic acids is 3. The van der Waals surface area contributed by atoms with Crippen LogP contribution in [0, 0.1) is 0 Å². The number of methoxy groups -OCH3 is 2. The Labute approximate surface area is 269 Å². The summed E-state index contributed by atoms with van der Waals surface area (Å²) >= 11 is 13.5. The number of benzene rings is 4. The van der Waals surface area contributed by atoms with Crippen molar-refractivity contribution in [3.05, 3.63) is 118 Å². The highest BCUT2D eigenvalue weighted by Crippen LogP contribution is 2.30. The first-order valence-corrected chi connectivity index (χ1v) is 14.9. The number of anilines is 2. The average Bonchev–Trinajstić information content (AvgIpc) is 3.03. The Morgan fingerprint density at radius 1 is 0.841 bits per heavy atom. The maximum absolute atomic E-state index is 13.5. The van der Waals surface area contributed by atoms with Gasteiger partial charge in [0.15, 0.2) is 0 Å². The molecule has 4 aromatic carbocycles. The summed E-state index contributed by atoms with van der Waals surface area (Å²) in [6.07, 6.45) is 1.52. The van der Waals surface area contributed by atoms with Crippen molar-refractivity contribution in [2.45, 2.75) is 17.1 Å². The van der Waals surface area contributed by atoms with E-state index in [4.69, 9.17) is 32.7 Å². The number of amides is 3. The number of thioether (sulfide) groups is 1. The van der Waals surface area contributed by atoms with Crippen molar-refractivity contribution in [2.24, 2.45) is 0 Å². The molecule has 226 valence electrons. The highest BCUT2D eigenvalue weighted by atomic mass is 35.5. The Hall–Kier alpha value is -4.44. The second kappa shape index (κ2) is 15.3. The predicted molar refractivity (Wildman–Crippen MR) is 177 cm³/mol. The van der Waals surface area contributed by atoms with Gasteiger partial charge >= 0.3 is 0 Å². The molecule has 4 aromatic rings. The Morgan fingerprint density at radius 3 is 2.25 bits per heavy atom. The first-order valence-electron chi connectivity index (χ1n) is 13.3. The molecule has 0 aliphatic heterocycles. The van der Waals surface area contributed by atoms with Crippen molar-refractivity contribution in [1.29, 1.82) is 0 Å². The second-order valence-corrected chi connectivity index (χ2v) is 11.6. The number of ether oxygens (including phenoxy) is 2. The molecule has 0 spiro atoms. The van der Waals surface area contributed by atoms with Crippen molar-refractivity contribution >= 4 is 70.1 Å². The first kappa shape index (κ1) is 32.5. The fraction of sp³-hybridized carbons (Fsp3) is 0.121. The third-order valence-corrected chi connectivity index (χ3v) is 7.92. The second-order valence-electron chi connectivity index (χ2n) is 9.34. The normalized spacial score (nSPS) is 11.7. The molecule has 8 nitrogen and oxygen atoms in total. The summed E-state index contributed by atoms with van der Waals surface area (Å²) in [4.78, 5) is 40.0. The minimum absolute atomic E-state index is 0.00572. The summed E-state index contributed by atoms with van der Waals surface area (Å²) in [6, 6.07) is 25.5. The molecule has 1 unspecified atom stereocenters. The Bertz CT molecular complexity index is 1680. The highest BCUT2D eigenvalue weighted by molar-refractivity contribution is 8.00. The van der Waals surface area contributed by atoms with Crippen LogP contribution in [0.15, 0.2) is 102 Å².